The van der Waals surface area contributed by atoms with Crippen molar-refractivity contribution in [1.82, 2.24) is 4.57 Å². The van der Waals surface area contributed by atoms with Crippen LogP contribution in [0.5, 0.6) is 0 Å². The molecule has 3 rings (SSSR count). The molecule has 0 spiro atoms. The van der Waals surface area contributed by atoms with Crippen molar-refractivity contribution in [1.29, 1.82) is 0 Å². The zero-order valence-corrected chi connectivity index (χ0v) is 18.1. The van der Waals surface area contributed by atoms with Gasteiger partial charge in [-0.15, -0.1) is 0 Å². The molecule has 0 aliphatic rings. The monoisotopic (exact) mass is 396 g/mol. The highest BCUT2D eigenvalue weighted by Gasteiger charge is 2.15. The van der Waals surface area contributed by atoms with Gasteiger partial charge in [-0.3, -0.25) is 4.79 Å². The van der Waals surface area contributed by atoms with E-state index in [-0.39, 0.29) is 11.3 Å². The van der Waals surface area contributed by atoms with Gasteiger partial charge in [-0.2, -0.15) is 4.99 Å². The number of nitrogens with zero attached hydrogens (tertiary/aromatic N) is 2. The first kappa shape index (κ1) is 20.5. The molecule has 1 amide bonds. The number of rotatable bonds is 5. The minimum atomic E-state index is -0.213. The molecule has 148 valence electrons. The van der Waals surface area contributed by atoms with Crippen LogP contribution in [0.4, 0.5) is 0 Å². The van der Waals surface area contributed by atoms with E-state index in [2.05, 4.69) is 49.4 Å². The summed E-state index contributed by atoms with van der Waals surface area (Å²) >= 11 is 1.55. The Morgan fingerprint density at radius 3 is 2.50 bits per heavy atom. The van der Waals surface area contributed by atoms with Crippen LogP contribution in [0, 0.1) is 6.92 Å². The Balaban J connectivity index is 2.01. The van der Waals surface area contributed by atoms with E-state index in [0.29, 0.717) is 30.1 Å². The molecule has 0 aliphatic carbocycles. The second kappa shape index (κ2) is 8.41. The van der Waals surface area contributed by atoms with Crippen molar-refractivity contribution in [2.24, 2.45) is 4.99 Å². The molecule has 0 bridgehead atoms. The molecule has 0 aliphatic heterocycles. The normalized spacial score (nSPS) is 12.7. The SMILES string of the molecule is CCOCCn1c(=NC(=O)c2ccc(C(C)(C)C)cc2)sc2cccc(C)c21. The molecular weight excluding hydrogens is 368 g/mol. The van der Waals surface area contributed by atoms with Gasteiger partial charge in [0.15, 0.2) is 4.80 Å². The summed E-state index contributed by atoms with van der Waals surface area (Å²) in [7, 11) is 0. The van der Waals surface area contributed by atoms with Crippen molar-refractivity contribution in [3.8, 4) is 0 Å². The highest BCUT2D eigenvalue weighted by atomic mass is 32.1. The Bertz CT molecular complexity index is 1040. The number of para-hydroxylation sites is 1. The van der Waals surface area contributed by atoms with Crippen LogP contribution in [0.25, 0.3) is 10.2 Å². The van der Waals surface area contributed by atoms with E-state index in [1.54, 1.807) is 11.3 Å². The lowest BCUT2D eigenvalue weighted by Gasteiger charge is -2.18. The van der Waals surface area contributed by atoms with Crippen molar-refractivity contribution in [2.75, 3.05) is 13.2 Å². The van der Waals surface area contributed by atoms with E-state index < -0.39 is 0 Å². The van der Waals surface area contributed by atoms with Crippen molar-refractivity contribution < 1.29 is 9.53 Å². The highest BCUT2D eigenvalue weighted by Crippen LogP contribution is 2.23. The number of thiazole rings is 1. The van der Waals surface area contributed by atoms with Crippen molar-refractivity contribution >= 4 is 27.5 Å². The van der Waals surface area contributed by atoms with E-state index in [1.165, 1.54) is 11.1 Å². The second-order valence-corrected chi connectivity index (χ2v) is 8.91. The smallest absolute Gasteiger partial charge is 0.279 e. The first-order valence-electron chi connectivity index (χ1n) is 9.67. The van der Waals surface area contributed by atoms with E-state index >= 15 is 0 Å². The maximum atomic E-state index is 12.8. The molecule has 1 heterocycles. The summed E-state index contributed by atoms with van der Waals surface area (Å²) in [5.41, 5.74) is 4.17. The van der Waals surface area contributed by atoms with Crippen LogP contribution in [0.15, 0.2) is 47.5 Å². The minimum Gasteiger partial charge on any atom is -0.380 e. The number of carbonyl (C=O) groups excluding carboxylic acids is 1. The number of carbonyl (C=O) groups is 1. The van der Waals surface area contributed by atoms with Crippen molar-refractivity contribution in [3.63, 3.8) is 0 Å². The predicted molar refractivity (Wildman–Crippen MR) is 116 cm³/mol. The number of amides is 1. The van der Waals surface area contributed by atoms with Gasteiger partial charge in [-0.1, -0.05) is 56.4 Å². The van der Waals surface area contributed by atoms with Gasteiger partial charge in [0.1, 0.15) is 0 Å². The standard InChI is InChI=1S/C23H28N2O2S/c1-6-27-15-14-25-20-16(2)8-7-9-19(20)28-22(25)24-21(26)17-10-12-18(13-11-17)23(3,4)5/h7-13H,6,14-15H2,1-5H3. The van der Waals surface area contributed by atoms with Crippen LogP contribution in [0.2, 0.25) is 0 Å². The van der Waals surface area contributed by atoms with Crippen LogP contribution in [0.1, 0.15) is 49.2 Å². The Morgan fingerprint density at radius 2 is 1.86 bits per heavy atom. The minimum absolute atomic E-state index is 0.0595. The summed E-state index contributed by atoms with van der Waals surface area (Å²) in [6, 6.07) is 14.0. The van der Waals surface area contributed by atoms with Crippen LogP contribution in [-0.4, -0.2) is 23.7 Å². The summed E-state index contributed by atoms with van der Waals surface area (Å²) < 4.78 is 8.78. The Kier molecular flexibility index (Phi) is 6.16. The number of hydrogen-bond acceptors (Lipinski definition) is 3. The molecule has 4 nitrogen and oxygen atoms in total. The van der Waals surface area contributed by atoms with Gasteiger partial charge in [-0.05, 0) is 48.6 Å². The number of fused-ring (bicyclic) bond motifs is 1. The molecule has 0 N–H and O–H groups in total. The lowest BCUT2D eigenvalue weighted by atomic mass is 9.87. The lowest BCUT2D eigenvalue weighted by molar-refractivity contribution is 0.0996. The topological polar surface area (TPSA) is 43.6 Å². The van der Waals surface area contributed by atoms with E-state index in [4.69, 9.17) is 4.74 Å². The van der Waals surface area contributed by atoms with Crippen molar-refractivity contribution in [3.05, 3.63) is 64.0 Å². The molecule has 0 saturated heterocycles. The Morgan fingerprint density at radius 1 is 1.14 bits per heavy atom. The van der Waals surface area contributed by atoms with Gasteiger partial charge >= 0.3 is 0 Å². The second-order valence-electron chi connectivity index (χ2n) is 7.90. The summed E-state index contributed by atoms with van der Waals surface area (Å²) in [5.74, 6) is -0.213. The number of benzene rings is 2. The molecule has 0 radical (unpaired) electrons. The average Bonchev–Trinajstić information content (AvgIpc) is 3.00. The predicted octanol–water partition coefficient (Wildman–Crippen LogP) is 5.09. The molecular formula is C23H28N2O2S. The fourth-order valence-electron chi connectivity index (χ4n) is 3.16. The molecule has 0 unspecified atom stereocenters. The maximum Gasteiger partial charge on any atom is 0.279 e. The van der Waals surface area contributed by atoms with Gasteiger partial charge in [0.25, 0.3) is 5.91 Å². The summed E-state index contributed by atoms with van der Waals surface area (Å²) in [6.07, 6.45) is 0. The zero-order chi connectivity index (χ0) is 20.3. The van der Waals surface area contributed by atoms with E-state index in [1.807, 2.05) is 37.3 Å². The number of ether oxygens (including phenoxy) is 1. The third-order valence-electron chi connectivity index (χ3n) is 4.76. The van der Waals surface area contributed by atoms with Gasteiger partial charge in [-0.25, -0.2) is 0 Å². The molecule has 2 aromatic carbocycles. The molecule has 28 heavy (non-hydrogen) atoms. The first-order chi connectivity index (χ1) is 13.3. The third-order valence-corrected chi connectivity index (χ3v) is 5.80. The van der Waals surface area contributed by atoms with Gasteiger partial charge in [0.05, 0.1) is 16.8 Å². The molecule has 3 aromatic rings. The van der Waals surface area contributed by atoms with Crippen LogP contribution in [0.3, 0.4) is 0 Å². The van der Waals surface area contributed by atoms with Gasteiger partial charge in [0, 0.05) is 18.7 Å². The molecule has 1 aromatic heterocycles. The fraction of sp³-hybridized carbons (Fsp3) is 0.391. The van der Waals surface area contributed by atoms with Gasteiger partial charge in [0.2, 0.25) is 0 Å². The molecule has 0 saturated carbocycles. The number of hydrogen-bond donors (Lipinski definition) is 0. The van der Waals surface area contributed by atoms with Crippen LogP contribution < -0.4 is 4.80 Å². The largest absolute Gasteiger partial charge is 0.380 e. The number of aromatic nitrogens is 1. The van der Waals surface area contributed by atoms with E-state index in [9.17, 15) is 4.79 Å². The molecule has 0 atom stereocenters. The molecule has 0 fully saturated rings. The van der Waals surface area contributed by atoms with Gasteiger partial charge < -0.3 is 9.30 Å². The first-order valence-corrected chi connectivity index (χ1v) is 10.5. The summed E-state index contributed by atoms with van der Waals surface area (Å²) in [5, 5.41) is 0. The maximum absolute atomic E-state index is 12.8. The van der Waals surface area contributed by atoms with Crippen LogP contribution in [-0.2, 0) is 16.7 Å². The third kappa shape index (κ3) is 4.42. The van der Waals surface area contributed by atoms with Crippen LogP contribution >= 0.6 is 11.3 Å². The highest BCUT2D eigenvalue weighted by molar-refractivity contribution is 7.16. The van der Waals surface area contributed by atoms with Crippen molar-refractivity contribution in [2.45, 2.75) is 46.6 Å². The Labute approximate surface area is 170 Å². The summed E-state index contributed by atoms with van der Waals surface area (Å²) in [4.78, 5) is 18.0. The van der Waals surface area contributed by atoms with E-state index in [0.717, 1.165) is 10.2 Å². The molecule has 5 heteroatoms. The Hall–Kier alpha value is -2.24. The quantitative estimate of drug-likeness (QED) is 0.564. The number of aryl methyl sites for hydroxylation is 1. The zero-order valence-electron chi connectivity index (χ0n) is 17.3. The average molecular weight is 397 g/mol. The lowest BCUT2D eigenvalue weighted by Crippen LogP contribution is -2.20. The fourth-order valence-corrected chi connectivity index (χ4v) is 4.30. The summed E-state index contributed by atoms with van der Waals surface area (Å²) in [6.45, 7) is 12.5.